The van der Waals surface area contributed by atoms with Gasteiger partial charge in [-0.2, -0.15) is 13.2 Å². The average Bonchev–Trinajstić information content (AvgIpc) is 3.21. The summed E-state index contributed by atoms with van der Waals surface area (Å²) in [6.07, 6.45) is -1.05. The number of fused-ring (bicyclic) bond motifs is 1. The molecule has 0 aliphatic carbocycles. The molecular formula is C25H21F3N2O2. The van der Waals surface area contributed by atoms with E-state index in [2.05, 4.69) is 16.8 Å². The summed E-state index contributed by atoms with van der Waals surface area (Å²) in [6.45, 7) is 2.29. The maximum Gasteiger partial charge on any atom is 0.416 e. The summed E-state index contributed by atoms with van der Waals surface area (Å²) in [6, 6.07) is 11.0. The van der Waals surface area contributed by atoms with Crippen molar-refractivity contribution in [1.82, 2.24) is 9.55 Å². The first-order chi connectivity index (χ1) is 15.2. The Bertz CT molecular complexity index is 1210. The van der Waals surface area contributed by atoms with Gasteiger partial charge in [0.25, 0.3) is 0 Å². The van der Waals surface area contributed by atoms with Crippen molar-refractivity contribution in [1.29, 1.82) is 0 Å². The van der Waals surface area contributed by atoms with Crippen molar-refractivity contribution < 1.29 is 22.7 Å². The second kappa shape index (κ2) is 8.54. The van der Waals surface area contributed by atoms with Crippen LogP contribution in [0.2, 0.25) is 0 Å². The summed E-state index contributed by atoms with van der Waals surface area (Å²) in [5.41, 5.74) is 2.74. The van der Waals surface area contributed by atoms with Crippen LogP contribution in [-0.4, -0.2) is 22.6 Å². The van der Waals surface area contributed by atoms with Gasteiger partial charge in [0, 0.05) is 35.9 Å². The summed E-state index contributed by atoms with van der Waals surface area (Å²) >= 11 is 0. The van der Waals surface area contributed by atoms with E-state index in [9.17, 15) is 18.0 Å². The van der Waals surface area contributed by atoms with Gasteiger partial charge in [-0.3, -0.25) is 4.79 Å². The SMILES string of the molecule is COC(=O)C1CCc2nc(-c3ccc(C#Cc4cc(C(F)(F)F)ccc4C)cc3)cn2C1. The highest BCUT2D eigenvalue weighted by Crippen LogP contribution is 2.30. The van der Waals surface area contributed by atoms with Crippen molar-refractivity contribution >= 4 is 5.97 Å². The van der Waals surface area contributed by atoms with Crippen LogP contribution >= 0.6 is 0 Å². The Morgan fingerprint density at radius 1 is 1.16 bits per heavy atom. The molecule has 4 rings (SSSR count). The molecule has 7 heteroatoms. The number of aryl methyl sites for hydroxylation is 2. The third kappa shape index (κ3) is 4.54. The highest BCUT2D eigenvalue weighted by molar-refractivity contribution is 5.72. The highest BCUT2D eigenvalue weighted by atomic mass is 19.4. The summed E-state index contributed by atoms with van der Waals surface area (Å²) in [5, 5.41) is 0. The molecule has 1 unspecified atom stereocenters. The van der Waals surface area contributed by atoms with Crippen molar-refractivity contribution in [3.05, 3.63) is 76.7 Å². The Kier molecular flexibility index (Phi) is 5.79. The number of aromatic nitrogens is 2. The molecule has 2 aromatic carbocycles. The Balaban J connectivity index is 1.53. The van der Waals surface area contributed by atoms with E-state index >= 15 is 0 Å². The second-order valence-electron chi connectivity index (χ2n) is 7.81. The second-order valence-corrected chi connectivity index (χ2v) is 7.81. The Hall–Kier alpha value is -3.53. The van der Waals surface area contributed by atoms with Gasteiger partial charge in [-0.1, -0.05) is 30.0 Å². The van der Waals surface area contributed by atoms with E-state index in [-0.39, 0.29) is 11.9 Å². The molecule has 164 valence electrons. The average molecular weight is 438 g/mol. The standard InChI is InChI=1S/C25H21F3N2O2/c1-16-3-11-21(25(26,27)28)13-19(16)9-6-17-4-7-18(8-5-17)22-15-30-14-20(24(31)32-2)10-12-23(30)29-22/h3-5,7-8,11,13,15,20H,10,12,14H2,1-2H3. The van der Waals surface area contributed by atoms with Crippen molar-refractivity contribution in [2.75, 3.05) is 7.11 Å². The van der Waals surface area contributed by atoms with Gasteiger partial charge in [-0.15, -0.1) is 0 Å². The van der Waals surface area contributed by atoms with E-state index in [1.54, 1.807) is 6.92 Å². The Morgan fingerprint density at radius 3 is 2.59 bits per heavy atom. The van der Waals surface area contributed by atoms with Crippen LogP contribution in [0.1, 0.15) is 34.5 Å². The molecule has 2 heterocycles. The van der Waals surface area contributed by atoms with E-state index in [0.717, 1.165) is 29.2 Å². The zero-order valence-electron chi connectivity index (χ0n) is 17.7. The smallest absolute Gasteiger partial charge is 0.416 e. The first-order valence-electron chi connectivity index (χ1n) is 10.2. The number of nitrogens with zero attached hydrogens (tertiary/aromatic N) is 2. The zero-order valence-corrected chi connectivity index (χ0v) is 17.7. The first-order valence-corrected chi connectivity index (χ1v) is 10.2. The van der Waals surface area contributed by atoms with E-state index in [1.165, 1.54) is 13.2 Å². The monoisotopic (exact) mass is 438 g/mol. The molecule has 1 aromatic heterocycles. The number of alkyl halides is 3. The number of ether oxygens (including phenoxy) is 1. The van der Waals surface area contributed by atoms with Crippen LogP contribution in [0.4, 0.5) is 13.2 Å². The molecule has 1 atom stereocenters. The minimum absolute atomic E-state index is 0.161. The lowest BCUT2D eigenvalue weighted by atomic mass is 10.00. The molecular weight excluding hydrogens is 417 g/mol. The third-order valence-corrected chi connectivity index (χ3v) is 5.61. The Labute approximate surface area is 184 Å². The number of benzene rings is 2. The fourth-order valence-electron chi connectivity index (χ4n) is 3.74. The fourth-order valence-corrected chi connectivity index (χ4v) is 3.74. The van der Waals surface area contributed by atoms with E-state index < -0.39 is 11.7 Å². The van der Waals surface area contributed by atoms with Gasteiger partial charge >= 0.3 is 12.1 Å². The number of carbonyl (C=O) groups is 1. The number of imidazole rings is 1. The van der Waals surface area contributed by atoms with E-state index in [4.69, 9.17) is 4.74 Å². The molecule has 0 bridgehead atoms. The lowest BCUT2D eigenvalue weighted by molar-refractivity contribution is -0.146. The summed E-state index contributed by atoms with van der Waals surface area (Å²) < 4.78 is 45.7. The number of esters is 1. The molecule has 0 fully saturated rings. The van der Waals surface area contributed by atoms with Gasteiger partial charge < -0.3 is 9.30 Å². The molecule has 0 spiro atoms. The number of hydrogen-bond acceptors (Lipinski definition) is 3. The lowest BCUT2D eigenvalue weighted by Gasteiger charge is -2.21. The minimum atomic E-state index is -4.40. The number of rotatable bonds is 2. The molecule has 1 aliphatic rings. The molecule has 0 amide bonds. The van der Waals surface area contributed by atoms with Crippen LogP contribution < -0.4 is 0 Å². The van der Waals surface area contributed by atoms with Crippen LogP contribution in [0.25, 0.3) is 11.3 Å². The predicted octanol–water partition coefficient (Wildman–Crippen LogP) is 5.01. The van der Waals surface area contributed by atoms with Crippen molar-refractivity contribution in [2.24, 2.45) is 5.92 Å². The number of hydrogen-bond donors (Lipinski definition) is 0. The molecule has 1 aliphatic heterocycles. The molecule has 3 aromatic rings. The summed E-state index contributed by atoms with van der Waals surface area (Å²) in [4.78, 5) is 16.5. The van der Waals surface area contributed by atoms with Gasteiger partial charge in [0.2, 0.25) is 0 Å². The number of carbonyl (C=O) groups excluding carboxylic acids is 1. The van der Waals surface area contributed by atoms with Crippen LogP contribution in [0, 0.1) is 24.7 Å². The minimum Gasteiger partial charge on any atom is -0.469 e. The van der Waals surface area contributed by atoms with Crippen LogP contribution in [0.15, 0.2) is 48.7 Å². The first kappa shape index (κ1) is 21.7. The van der Waals surface area contributed by atoms with Crippen LogP contribution in [0.3, 0.4) is 0 Å². The van der Waals surface area contributed by atoms with Gasteiger partial charge in [-0.05, 0) is 43.2 Å². The van der Waals surface area contributed by atoms with Crippen molar-refractivity contribution in [3.63, 3.8) is 0 Å². The summed E-state index contributed by atoms with van der Waals surface area (Å²) in [5.74, 6) is 6.36. The van der Waals surface area contributed by atoms with Crippen molar-refractivity contribution in [3.8, 4) is 23.1 Å². The maximum atomic E-state index is 13.0. The molecule has 4 nitrogen and oxygen atoms in total. The van der Waals surface area contributed by atoms with Gasteiger partial charge in [0.1, 0.15) is 5.82 Å². The van der Waals surface area contributed by atoms with E-state index in [1.807, 2.05) is 35.0 Å². The van der Waals surface area contributed by atoms with Crippen LogP contribution in [-0.2, 0) is 28.7 Å². The third-order valence-electron chi connectivity index (χ3n) is 5.61. The lowest BCUT2D eigenvalue weighted by Crippen LogP contribution is -2.27. The molecule has 0 N–H and O–H groups in total. The largest absolute Gasteiger partial charge is 0.469 e. The van der Waals surface area contributed by atoms with Gasteiger partial charge in [0.05, 0.1) is 24.3 Å². The zero-order chi connectivity index (χ0) is 22.9. The normalized spacial score (nSPS) is 15.5. The number of methoxy groups -OCH3 is 1. The topological polar surface area (TPSA) is 44.1 Å². The fraction of sp³-hybridized carbons (Fsp3) is 0.280. The highest BCUT2D eigenvalue weighted by Gasteiger charge is 2.30. The maximum absolute atomic E-state index is 13.0. The molecule has 0 radical (unpaired) electrons. The predicted molar refractivity (Wildman–Crippen MR) is 114 cm³/mol. The van der Waals surface area contributed by atoms with Gasteiger partial charge in [0.15, 0.2) is 0 Å². The molecule has 0 saturated heterocycles. The summed E-state index contributed by atoms with van der Waals surface area (Å²) in [7, 11) is 1.40. The van der Waals surface area contributed by atoms with Gasteiger partial charge in [-0.25, -0.2) is 4.98 Å². The van der Waals surface area contributed by atoms with E-state index in [0.29, 0.717) is 36.1 Å². The molecule has 32 heavy (non-hydrogen) atoms. The molecule has 0 saturated carbocycles. The van der Waals surface area contributed by atoms with Crippen LogP contribution in [0.5, 0.6) is 0 Å². The Morgan fingerprint density at radius 2 is 1.91 bits per heavy atom. The quantitative estimate of drug-likeness (QED) is 0.417. The van der Waals surface area contributed by atoms with Crippen molar-refractivity contribution in [2.45, 2.75) is 32.5 Å². The number of halogens is 3.